The smallest absolute Gasteiger partial charge is 0.341 e. The van der Waals surface area contributed by atoms with Gasteiger partial charge in [0.15, 0.2) is 5.65 Å². The maximum Gasteiger partial charge on any atom is 0.341 e. The molecular weight excluding hydrogens is 282 g/mol. The SMILES string of the molecule is CCn1c(C)nc2[nH]c(-c3ccccc3)c(C(=O)O)c(=O)c21. The fourth-order valence-electron chi connectivity index (χ4n) is 2.71. The minimum absolute atomic E-state index is 0.256. The predicted octanol–water partition coefficient (Wildman–Crippen LogP) is 2.42. The number of carbonyl (C=O) groups is 1. The summed E-state index contributed by atoms with van der Waals surface area (Å²) in [6, 6.07) is 8.93. The fraction of sp³-hybridized carbons (Fsp3) is 0.188. The molecule has 0 aliphatic carbocycles. The van der Waals surface area contributed by atoms with E-state index in [0.717, 1.165) is 0 Å². The highest BCUT2D eigenvalue weighted by molar-refractivity contribution is 5.98. The molecule has 0 radical (unpaired) electrons. The molecule has 0 aliphatic heterocycles. The van der Waals surface area contributed by atoms with Gasteiger partial charge in [-0.15, -0.1) is 0 Å². The Morgan fingerprint density at radius 2 is 2.00 bits per heavy atom. The van der Waals surface area contributed by atoms with Gasteiger partial charge in [0.25, 0.3) is 0 Å². The lowest BCUT2D eigenvalue weighted by Crippen LogP contribution is -2.20. The van der Waals surface area contributed by atoms with Gasteiger partial charge in [0.2, 0.25) is 5.43 Å². The molecule has 2 N–H and O–H groups in total. The van der Waals surface area contributed by atoms with Crippen molar-refractivity contribution in [1.82, 2.24) is 14.5 Å². The summed E-state index contributed by atoms with van der Waals surface area (Å²) in [6.45, 7) is 4.23. The Morgan fingerprint density at radius 1 is 1.32 bits per heavy atom. The third-order valence-electron chi connectivity index (χ3n) is 3.69. The van der Waals surface area contributed by atoms with Crippen molar-refractivity contribution in [3.05, 3.63) is 51.9 Å². The molecule has 0 fully saturated rings. The highest BCUT2D eigenvalue weighted by atomic mass is 16.4. The summed E-state index contributed by atoms with van der Waals surface area (Å²) in [5.74, 6) is -0.573. The van der Waals surface area contributed by atoms with Crippen LogP contribution >= 0.6 is 0 Å². The van der Waals surface area contributed by atoms with E-state index in [-0.39, 0.29) is 11.3 Å². The van der Waals surface area contributed by atoms with Crippen molar-refractivity contribution in [3.63, 3.8) is 0 Å². The van der Waals surface area contributed by atoms with Crippen LogP contribution in [0.1, 0.15) is 23.1 Å². The number of rotatable bonds is 3. The first-order valence-corrected chi connectivity index (χ1v) is 6.96. The number of nitrogens with one attached hydrogen (secondary N) is 1. The van der Waals surface area contributed by atoms with E-state index in [9.17, 15) is 14.7 Å². The number of aromatic carboxylic acids is 1. The molecule has 1 aromatic carbocycles. The Kier molecular flexibility index (Phi) is 3.29. The number of nitrogens with zero attached hydrogens (tertiary/aromatic N) is 2. The molecule has 112 valence electrons. The molecule has 0 saturated carbocycles. The van der Waals surface area contributed by atoms with Gasteiger partial charge in [-0.05, 0) is 19.4 Å². The Balaban J connectivity index is 2.46. The van der Waals surface area contributed by atoms with E-state index in [2.05, 4.69) is 9.97 Å². The second kappa shape index (κ2) is 5.14. The van der Waals surface area contributed by atoms with Crippen molar-refractivity contribution in [1.29, 1.82) is 0 Å². The van der Waals surface area contributed by atoms with Crippen LogP contribution in [0, 0.1) is 6.92 Å². The first kappa shape index (κ1) is 14.1. The quantitative estimate of drug-likeness (QED) is 0.777. The van der Waals surface area contributed by atoms with Crippen LogP contribution in [0.15, 0.2) is 35.1 Å². The standard InChI is InChI=1S/C16H15N3O3/c1-3-19-9(2)17-15-13(19)14(20)11(16(21)22)12(18-15)10-7-5-4-6-8-10/h4-8H,3H2,1-2H3,(H,18,20)(H,21,22). The van der Waals surface area contributed by atoms with E-state index in [1.165, 1.54) is 0 Å². The molecule has 6 nitrogen and oxygen atoms in total. The van der Waals surface area contributed by atoms with E-state index < -0.39 is 11.4 Å². The zero-order valence-corrected chi connectivity index (χ0v) is 12.3. The van der Waals surface area contributed by atoms with Crippen LogP contribution in [-0.2, 0) is 6.54 Å². The molecule has 0 unspecified atom stereocenters. The van der Waals surface area contributed by atoms with Crippen molar-refractivity contribution >= 4 is 17.1 Å². The van der Waals surface area contributed by atoms with Crippen LogP contribution in [0.3, 0.4) is 0 Å². The second-order valence-electron chi connectivity index (χ2n) is 4.98. The van der Waals surface area contributed by atoms with E-state index in [1.807, 2.05) is 13.0 Å². The van der Waals surface area contributed by atoms with Gasteiger partial charge in [0.1, 0.15) is 16.9 Å². The lowest BCUT2D eigenvalue weighted by atomic mass is 10.1. The molecule has 2 aromatic heterocycles. The number of imidazole rings is 1. The van der Waals surface area contributed by atoms with Crippen molar-refractivity contribution in [2.24, 2.45) is 0 Å². The average Bonchev–Trinajstić information content (AvgIpc) is 2.83. The van der Waals surface area contributed by atoms with Gasteiger partial charge in [-0.1, -0.05) is 30.3 Å². The van der Waals surface area contributed by atoms with Crippen molar-refractivity contribution < 1.29 is 9.90 Å². The number of H-pyrrole nitrogens is 1. The lowest BCUT2D eigenvalue weighted by Gasteiger charge is -2.07. The number of fused-ring (bicyclic) bond motifs is 1. The summed E-state index contributed by atoms with van der Waals surface area (Å²) >= 11 is 0. The molecule has 0 saturated heterocycles. The largest absolute Gasteiger partial charge is 0.477 e. The number of hydrogen-bond acceptors (Lipinski definition) is 3. The highest BCUT2D eigenvalue weighted by Crippen LogP contribution is 2.22. The zero-order valence-electron chi connectivity index (χ0n) is 12.3. The highest BCUT2D eigenvalue weighted by Gasteiger charge is 2.22. The molecule has 0 aliphatic rings. The van der Waals surface area contributed by atoms with Crippen LogP contribution in [0.5, 0.6) is 0 Å². The summed E-state index contributed by atoms with van der Waals surface area (Å²) in [7, 11) is 0. The fourth-order valence-corrected chi connectivity index (χ4v) is 2.71. The Labute approximate surface area is 126 Å². The minimum atomic E-state index is -1.25. The monoisotopic (exact) mass is 297 g/mol. The summed E-state index contributed by atoms with van der Waals surface area (Å²) in [5, 5.41) is 9.49. The second-order valence-corrected chi connectivity index (χ2v) is 4.98. The molecule has 0 atom stereocenters. The van der Waals surface area contributed by atoms with Gasteiger partial charge in [-0.2, -0.15) is 0 Å². The Bertz CT molecular complexity index is 923. The summed E-state index contributed by atoms with van der Waals surface area (Å²) in [6.07, 6.45) is 0. The normalized spacial score (nSPS) is 11.0. The first-order valence-electron chi connectivity index (χ1n) is 6.96. The molecule has 3 aromatic rings. The Hall–Kier alpha value is -2.89. The number of aryl methyl sites for hydroxylation is 2. The van der Waals surface area contributed by atoms with E-state index in [0.29, 0.717) is 29.1 Å². The predicted molar refractivity (Wildman–Crippen MR) is 83.2 cm³/mol. The maximum absolute atomic E-state index is 12.7. The average molecular weight is 297 g/mol. The van der Waals surface area contributed by atoms with Gasteiger partial charge in [0.05, 0.1) is 5.69 Å². The van der Waals surface area contributed by atoms with Crippen LogP contribution in [0.2, 0.25) is 0 Å². The van der Waals surface area contributed by atoms with Crippen molar-refractivity contribution in [2.45, 2.75) is 20.4 Å². The molecule has 0 bridgehead atoms. The summed E-state index contributed by atoms with van der Waals surface area (Å²) < 4.78 is 1.72. The third-order valence-corrected chi connectivity index (χ3v) is 3.69. The zero-order chi connectivity index (χ0) is 15.9. The number of benzene rings is 1. The third kappa shape index (κ3) is 2.00. The number of aromatic amines is 1. The van der Waals surface area contributed by atoms with Crippen LogP contribution in [-0.4, -0.2) is 25.6 Å². The number of carboxylic acids is 1. The van der Waals surface area contributed by atoms with Gasteiger partial charge in [-0.3, -0.25) is 4.79 Å². The van der Waals surface area contributed by atoms with E-state index in [4.69, 9.17) is 0 Å². The van der Waals surface area contributed by atoms with Crippen molar-refractivity contribution in [3.8, 4) is 11.3 Å². The van der Waals surface area contributed by atoms with Gasteiger partial charge >= 0.3 is 5.97 Å². The summed E-state index contributed by atoms with van der Waals surface area (Å²) in [5.41, 5.74) is 0.870. The molecule has 3 rings (SSSR count). The van der Waals surface area contributed by atoms with Crippen LogP contribution < -0.4 is 5.43 Å². The Morgan fingerprint density at radius 3 is 2.59 bits per heavy atom. The molecular formula is C16H15N3O3. The topological polar surface area (TPSA) is 88.0 Å². The first-order chi connectivity index (χ1) is 10.5. The van der Waals surface area contributed by atoms with Crippen LogP contribution in [0.25, 0.3) is 22.4 Å². The number of hydrogen-bond donors (Lipinski definition) is 2. The van der Waals surface area contributed by atoms with E-state index >= 15 is 0 Å². The van der Waals surface area contributed by atoms with Crippen molar-refractivity contribution in [2.75, 3.05) is 0 Å². The van der Waals surface area contributed by atoms with E-state index in [1.54, 1.807) is 35.8 Å². The van der Waals surface area contributed by atoms with Gasteiger partial charge < -0.3 is 14.7 Å². The van der Waals surface area contributed by atoms with Gasteiger partial charge in [0, 0.05) is 6.54 Å². The molecule has 0 amide bonds. The molecule has 0 spiro atoms. The number of pyridine rings is 1. The number of aromatic nitrogens is 3. The minimum Gasteiger partial charge on any atom is -0.477 e. The van der Waals surface area contributed by atoms with Crippen LogP contribution in [0.4, 0.5) is 0 Å². The maximum atomic E-state index is 12.7. The molecule has 2 heterocycles. The lowest BCUT2D eigenvalue weighted by molar-refractivity contribution is 0.0696. The van der Waals surface area contributed by atoms with Gasteiger partial charge in [-0.25, -0.2) is 9.78 Å². The molecule has 22 heavy (non-hydrogen) atoms. The number of carboxylic acid groups (broad SMARTS) is 1. The summed E-state index contributed by atoms with van der Waals surface area (Å²) in [4.78, 5) is 31.7. The molecule has 6 heteroatoms.